The molecule has 20 heavy (non-hydrogen) atoms. The smallest absolute Gasteiger partial charge is 0.250 e. The maximum atomic E-state index is 11.9. The van der Waals surface area contributed by atoms with Crippen LogP contribution in [0.1, 0.15) is 18.5 Å². The van der Waals surface area contributed by atoms with Crippen molar-refractivity contribution in [1.82, 2.24) is 9.88 Å². The number of halogens is 1. The normalized spacial score (nSPS) is 11.9. The number of pyridine rings is 1. The van der Waals surface area contributed by atoms with Crippen LogP contribution in [0, 0.1) is 0 Å². The molecule has 0 radical (unpaired) electrons. The fraction of sp³-hybridized carbons (Fsp3) is 0.200. The lowest BCUT2D eigenvalue weighted by Crippen LogP contribution is -2.33. The minimum atomic E-state index is -0.217. The highest BCUT2D eigenvalue weighted by Crippen LogP contribution is 2.17. The van der Waals surface area contributed by atoms with Gasteiger partial charge in [0.1, 0.15) is 6.54 Å². The summed E-state index contributed by atoms with van der Waals surface area (Å²) < 4.78 is 1.36. The predicted molar refractivity (Wildman–Crippen MR) is 78.7 cm³/mol. The van der Waals surface area contributed by atoms with E-state index in [2.05, 4.69) is 5.32 Å². The van der Waals surface area contributed by atoms with E-state index in [-0.39, 0.29) is 24.1 Å². The van der Waals surface area contributed by atoms with Gasteiger partial charge in [0.2, 0.25) is 5.91 Å². The van der Waals surface area contributed by atoms with Crippen LogP contribution < -0.4 is 10.9 Å². The Balaban J connectivity index is 2.01. The number of rotatable bonds is 4. The lowest BCUT2D eigenvalue weighted by molar-refractivity contribution is -0.122. The maximum absolute atomic E-state index is 11.9. The van der Waals surface area contributed by atoms with E-state index in [4.69, 9.17) is 11.6 Å². The molecule has 1 amide bonds. The van der Waals surface area contributed by atoms with Gasteiger partial charge in [-0.2, -0.15) is 0 Å². The SMILES string of the molecule is CC(NC(=O)Cn1ccccc1=O)c1cccc(Cl)c1. The lowest BCUT2D eigenvalue weighted by atomic mass is 10.1. The van der Waals surface area contributed by atoms with E-state index >= 15 is 0 Å². The number of hydrogen-bond acceptors (Lipinski definition) is 2. The molecule has 4 nitrogen and oxygen atoms in total. The van der Waals surface area contributed by atoms with E-state index in [0.717, 1.165) is 5.56 Å². The number of carbonyl (C=O) groups excluding carboxylic acids is 1. The number of carbonyl (C=O) groups is 1. The van der Waals surface area contributed by atoms with Crippen molar-refractivity contribution in [3.8, 4) is 0 Å². The van der Waals surface area contributed by atoms with Gasteiger partial charge in [0.05, 0.1) is 6.04 Å². The van der Waals surface area contributed by atoms with E-state index in [9.17, 15) is 9.59 Å². The van der Waals surface area contributed by atoms with Crippen molar-refractivity contribution >= 4 is 17.5 Å². The first-order valence-corrected chi connectivity index (χ1v) is 6.64. The summed E-state index contributed by atoms with van der Waals surface area (Å²) in [7, 11) is 0. The zero-order valence-corrected chi connectivity index (χ0v) is 11.8. The summed E-state index contributed by atoms with van der Waals surface area (Å²) >= 11 is 5.92. The predicted octanol–water partition coefficient (Wildman–Crippen LogP) is 2.38. The molecule has 2 aromatic rings. The summed E-state index contributed by atoms with van der Waals surface area (Å²) in [6.07, 6.45) is 1.59. The number of hydrogen-bond donors (Lipinski definition) is 1. The third-order valence-corrected chi connectivity index (χ3v) is 3.17. The standard InChI is InChI=1S/C15H15ClN2O2/c1-11(12-5-4-6-13(16)9-12)17-14(19)10-18-8-3-2-7-15(18)20/h2-9,11H,10H2,1H3,(H,17,19). The molecular formula is C15H15ClN2O2. The molecule has 0 fully saturated rings. The van der Waals surface area contributed by atoms with E-state index < -0.39 is 0 Å². The van der Waals surface area contributed by atoms with Crippen LogP contribution in [-0.2, 0) is 11.3 Å². The summed E-state index contributed by atoms with van der Waals surface area (Å²) in [5, 5.41) is 3.47. The Bertz CT molecular complexity index is 667. The molecule has 1 N–H and O–H groups in total. The molecule has 1 heterocycles. The van der Waals surface area contributed by atoms with E-state index in [0.29, 0.717) is 5.02 Å². The molecule has 0 spiro atoms. The van der Waals surface area contributed by atoms with Gasteiger partial charge in [-0.1, -0.05) is 29.8 Å². The minimum Gasteiger partial charge on any atom is -0.348 e. The number of amides is 1. The zero-order valence-electron chi connectivity index (χ0n) is 11.0. The third kappa shape index (κ3) is 3.71. The minimum absolute atomic E-state index is 0.00454. The molecule has 0 aliphatic carbocycles. The maximum Gasteiger partial charge on any atom is 0.250 e. The summed E-state index contributed by atoms with van der Waals surface area (Å²) in [5.74, 6) is -0.217. The van der Waals surface area contributed by atoms with Gasteiger partial charge in [0.25, 0.3) is 5.56 Å². The highest BCUT2D eigenvalue weighted by Gasteiger charge is 2.10. The second-order valence-electron chi connectivity index (χ2n) is 4.51. The second kappa shape index (κ2) is 6.39. The Labute approximate surface area is 122 Å². The third-order valence-electron chi connectivity index (χ3n) is 2.94. The van der Waals surface area contributed by atoms with Crippen molar-refractivity contribution in [2.45, 2.75) is 19.5 Å². The Hall–Kier alpha value is -2.07. The van der Waals surface area contributed by atoms with Crippen molar-refractivity contribution in [2.24, 2.45) is 0 Å². The molecular weight excluding hydrogens is 276 g/mol. The molecule has 1 aromatic carbocycles. The Kier molecular flexibility index (Phi) is 4.58. The van der Waals surface area contributed by atoms with Crippen molar-refractivity contribution < 1.29 is 4.79 Å². The Morgan fingerprint density at radius 1 is 1.30 bits per heavy atom. The molecule has 104 valence electrons. The Morgan fingerprint density at radius 2 is 2.10 bits per heavy atom. The van der Waals surface area contributed by atoms with Crippen LogP contribution in [0.5, 0.6) is 0 Å². The molecule has 0 aliphatic heterocycles. The molecule has 0 saturated carbocycles. The van der Waals surface area contributed by atoms with E-state index in [1.807, 2.05) is 19.1 Å². The molecule has 1 unspecified atom stereocenters. The van der Waals surface area contributed by atoms with Gasteiger partial charge in [0.15, 0.2) is 0 Å². The molecule has 0 bridgehead atoms. The lowest BCUT2D eigenvalue weighted by Gasteiger charge is -2.15. The average Bonchev–Trinajstić information content (AvgIpc) is 2.41. The van der Waals surface area contributed by atoms with Crippen LogP contribution in [0.2, 0.25) is 5.02 Å². The first-order valence-electron chi connectivity index (χ1n) is 6.26. The van der Waals surface area contributed by atoms with Gasteiger partial charge >= 0.3 is 0 Å². The van der Waals surface area contributed by atoms with Crippen LogP contribution in [0.3, 0.4) is 0 Å². The van der Waals surface area contributed by atoms with Gasteiger partial charge < -0.3 is 9.88 Å². The van der Waals surface area contributed by atoms with Crippen molar-refractivity contribution in [3.63, 3.8) is 0 Å². The number of nitrogens with one attached hydrogen (secondary N) is 1. The van der Waals surface area contributed by atoms with Crippen LogP contribution in [0.4, 0.5) is 0 Å². The highest BCUT2D eigenvalue weighted by atomic mass is 35.5. The fourth-order valence-corrected chi connectivity index (χ4v) is 2.09. The topological polar surface area (TPSA) is 51.1 Å². The van der Waals surface area contributed by atoms with Crippen LogP contribution in [-0.4, -0.2) is 10.5 Å². The summed E-state index contributed by atoms with van der Waals surface area (Å²) in [5.41, 5.74) is 0.726. The van der Waals surface area contributed by atoms with Crippen molar-refractivity contribution in [1.29, 1.82) is 0 Å². The van der Waals surface area contributed by atoms with Crippen LogP contribution >= 0.6 is 11.6 Å². The van der Waals surface area contributed by atoms with Gasteiger partial charge in [-0.15, -0.1) is 0 Å². The molecule has 0 saturated heterocycles. The van der Waals surface area contributed by atoms with Crippen molar-refractivity contribution in [3.05, 3.63) is 69.6 Å². The first-order chi connectivity index (χ1) is 9.56. The van der Waals surface area contributed by atoms with Gasteiger partial charge in [-0.05, 0) is 30.7 Å². The summed E-state index contributed by atoms with van der Waals surface area (Å²) in [6, 6.07) is 11.9. The molecule has 2 rings (SSSR count). The molecule has 1 aromatic heterocycles. The zero-order chi connectivity index (χ0) is 14.5. The quantitative estimate of drug-likeness (QED) is 0.940. The average molecular weight is 291 g/mol. The van der Waals surface area contributed by atoms with Crippen molar-refractivity contribution in [2.75, 3.05) is 0 Å². The highest BCUT2D eigenvalue weighted by molar-refractivity contribution is 6.30. The number of benzene rings is 1. The van der Waals surface area contributed by atoms with E-state index in [1.54, 1.807) is 30.5 Å². The van der Waals surface area contributed by atoms with Gasteiger partial charge in [-0.3, -0.25) is 9.59 Å². The number of nitrogens with zero attached hydrogens (tertiary/aromatic N) is 1. The molecule has 5 heteroatoms. The van der Waals surface area contributed by atoms with Gasteiger partial charge in [0, 0.05) is 17.3 Å². The molecule has 0 aliphatic rings. The second-order valence-corrected chi connectivity index (χ2v) is 4.95. The molecule has 1 atom stereocenters. The van der Waals surface area contributed by atoms with Crippen LogP contribution in [0.15, 0.2) is 53.5 Å². The van der Waals surface area contributed by atoms with Crippen LogP contribution in [0.25, 0.3) is 0 Å². The number of aromatic nitrogens is 1. The monoisotopic (exact) mass is 290 g/mol. The fourth-order valence-electron chi connectivity index (χ4n) is 1.89. The van der Waals surface area contributed by atoms with Gasteiger partial charge in [-0.25, -0.2) is 0 Å². The summed E-state index contributed by atoms with van der Waals surface area (Å²) in [6.45, 7) is 1.88. The first kappa shape index (κ1) is 14.3. The largest absolute Gasteiger partial charge is 0.348 e. The van der Waals surface area contributed by atoms with E-state index in [1.165, 1.54) is 10.6 Å². The Morgan fingerprint density at radius 3 is 2.80 bits per heavy atom. The summed E-state index contributed by atoms with van der Waals surface area (Å²) in [4.78, 5) is 23.5.